The van der Waals surface area contributed by atoms with Gasteiger partial charge in [-0.1, -0.05) is 129 Å². The van der Waals surface area contributed by atoms with Gasteiger partial charge in [-0.15, -0.1) is 0 Å². The minimum absolute atomic E-state index is 0.266. The summed E-state index contributed by atoms with van der Waals surface area (Å²) in [5, 5.41) is 0. The quantitative estimate of drug-likeness (QED) is 0.0985. The van der Waals surface area contributed by atoms with E-state index in [4.69, 9.17) is 4.74 Å². The van der Waals surface area contributed by atoms with Crippen LogP contribution in [0.25, 0.3) is 0 Å². The average molecular weight is 423 g/mol. The molecule has 0 bridgehead atoms. The molecule has 0 rings (SSSR count). The van der Waals surface area contributed by atoms with E-state index in [9.17, 15) is 4.79 Å². The van der Waals surface area contributed by atoms with Gasteiger partial charge in [0.25, 0.3) is 0 Å². The molecule has 0 N–H and O–H groups in total. The predicted octanol–water partition coefficient (Wildman–Crippen LogP) is 9.71. The first-order valence-corrected chi connectivity index (χ1v) is 13.3. The van der Waals surface area contributed by atoms with Crippen molar-refractivity contribution in [1.29, 1.82) is 0 Å². The third-order valence-electron chi connectivity index (χ3n) is 6.10. The third-order valence-corrected chi connectivity index (χ3v) is 6.10. The zero-order valence-corrected chi connectivity index (χ0v) is 21.2. The van der Waals surface area contributed by atoms with Crippen molar-refractivity contribution in [3.8, 4) is 0 Å². The Hall–Kier alpha value is -0.790. The summed E-state index contributed by atoms with van der Waals surface area (Å²) >= 11 is 0. The van der Waals surface area contributed by atoms with Crippen LogP contribution in [-0.2, 0) is 9.53 Å². The van der Waals surface area contributed by atoms with Crippen LogP contribution >= 0.6 is 0 Å². The van der Waals surface area contributed by atoms with Crippen molar-refractivity contribution in [2.75, 3.05) is 0 Å². The lowest BCUT2D eigenvalue weighted by atomic mass is 9.98. The summed E-state index contributed by atoms with van der Waals surface area (Å²) in [5.41, 5.74) is 0.112. The van der Waals surface area contributed by atoms with E-state index in [0.717, 1.165) is 12.8 Å². The smallest absolute Gasteiger partial charge is 0.333 e. The summed E-state index contributed by atoms with van der Waals surface area (Å²) in [7, 11) is 0. The van der Waals surface area contributed by atoms with Crippen molar-refractivity contribution in [3.63, 3.8) is 0 Å². The van der Waals surface area contributed by atoms with Gasteiger partial charge < -0.3 is 4.74 Å². The Morgan fingerprint density at radius 2 is 0.933 bits per heavy atom. The molecule has 0 aromatic heterocycles. The van der Waals surface area contributed by atoms with Crippen molar-refractivity contribution in [3.05, 3.63) is 12.2 Å². The number of carbonyl (C=O) groups excluding carboxylic acids is 1. The van der Waals surface area contributed by atoms with Crippen molar-refractivity contribution in [1.82, 2.24) is 0 Å². The highest BCUT2D eigenvalue weighted by atomic mass is 16.6. The number of hydrogen-bond acceptors (Lipinski definition) is 2. The monoisotopic (exact) mass is 422 g/mol. The van der Waals surface area contributed by atoms with E-state index < -0.39 is 0 Å². The fourth-order valence-corrected chi connectivity index (χ4v) is 4.02. The fourth-order valence-electron chi connectivity index (χ4n) is 4.02. The van der Waals surface area contributed by atoms with Gasteiger partial charge in [0.1, 0.15) is 5.60 Å². The molecule has 0 fully saturated rings. The molecular formula is C28H54O2. The lowest BCUT2D eigenvalue weighted by molar-refractivity contribution is -0.152. The molecule has 0 saturated carbocycles. The van der Waals surface area contributed by atoms with Gasteiger partial charge >= 0.3 is 5.97 Å². The Morgan fingerprint density at radius 1 is 0.633 bits per heavy atom. The van der Waals surface area contributed by atoms with E-state index in [2.05, 4.69) is 13.5 Å². The first-order chi connectivity index (χ1) is 14.4. The molecule has 30 heavy (non-hydrogen) atoms. The molecule has 0 unspecified atom stereocenters. The molecule has 178 valence electrons. The Labute approximate surface area is 189 Å². The number of esters is 1. The highest BCUT2D eigenvalue weighted by Gasteiger charge is 2.22. The largest absolute Gasteiger partial charge is 0.456 e. The number of unbranched alkanes of at least 4 members (excludes halogenated alkanes) is 18. The van der Waals surface area contributed by atoms with Crippen LogP contribution < -0.4 is 0 Å². The Kier molecular flexibility index (Phi) is 19.6. The molecule has 0 aromatic rings. The fraction of sp³-hybridized carbons (Fsp3) is 0.893. The normalized spacial score (nSPS) is 11.6. The van der Waals surface area contributed by atoms with Gasteiger partial charge in [-0.25, -0.2) is 4.79 Å². The number of rotatable bonds is 22. The maximum atomic E-state index is 11.6. The van der Waals surface area contributed by atoms with Crippen molar-refractivity contribution in [2.24, 2.45) is 0 Å². The molecule has 2 heteroatoms. The Balaban J connectivity index is 3.26. The van der Waals surface area contributed by atoms with Gasteiger partial charge in [0, 0.05) is 5.57 Å². The zero-order valence-electron chi connectivity index (χ0n) is 21.2. The highest BCUT2D eigenvalue weighted by molar-refractivity contribution is 5.87. The Morgan fingerprint density at radius 3 is 1.23 bits per heavy atom. The number of ether oxygens (including phenoxy) is 1. The summed E-state index contributed by atoms with van der Waals surface area (Å²) in [6.07, 6.45) is 27.5. The second kappa shape index (κ2) is 20.1. The minimum Gasteiger partial charge on any atom is -0.456 e. The van der Waals surface area contributed by atoms with Crippen molar-refractivity contribution >= 4 is 5.97 Å². The van der Waals surface area contributed by atoms with E-state index in [1.165, 1.54) is 116 Å². The molecule has 0 saturated heterocycles. The van der Waals surface area contributed by atoms with Gasteiger partial charge in [-0.2, -0.15) is 0 Å². The predicted molar refractivity (Wildman–Crippen MR) is 133 cm³/mol. The lowest BCUT2D eigenvalue weighted by Crippen LogP contribution is -2.28. The maximum absolute atomic E-state index is 11.6. The van der Waals surface area contributed by atoms with Crippen LogP contribution in [0.3, 0.4) is 0 Å². The maximum Gasteiger partial charge on any atom is 0.333 e. The molecule has 0 spiro atoms. The Bertz CT molecular complexity index is 411. The number of carbonyl (C=O) groups is 1. The van der Waals surface area contributed by atoms with Gasteiger partial charge in [-0.05, 0) is 33.6 Å². The SMILES string of the molecule is C=C(C)C(=O)OC(C)(C)CCCCCCCCCCCCCCCCCCCCC. The van der Waals surface area contributed by atoms with Crippen LogP contribution in [0.15, 0.2) is 12.2 Å². The third kappa shape index (κ3) is 20.5. The molecule has 0 aliphatic rings. The second-order valence-electron chi connectivity index (χ2n) is 10.0. The summed E-state index contributed by atoms with van der Waals surface area (Å²) in [6.45, 7) is 11.7. The summed E-state index contributed by atoms with van der Waals surface area (Å²) in [5.74, 6) is -0.266. The second-order valence-corrected chi connectivity index (χ2v) is 10.0. The summed E-state index contributed by atoms with van der Waals surface area (Å²) < 4.78 is 5.50. The van der Waals surface area contributed by atoms with E-state index in [-0.39, 0.29) is 11.6 Å². The van der Waals surface area contributed by atoms with E-state index in [1.54, 1.807) is 6.92 Å². The molecule has 0 aromatic carbocycles. The van der Waals surface area contributed by atoms with E-state index >= 15 is 0 Å². The first-order valence-electron chi connectivity index (χ1n) is 13.3. The number of hydrogen-bond donors (Lipinski definition) is 0. The highest BCUT2D eigenvalue weighted by Crippen LogP contribution is 2.21. The van der Waals surface area contributed by atoms with Crippen LogP contribution in [0.2, 0.25) is 0 Å². The van der Waals surface area contributed by atoms with Gasteiger partial charge in [0.05, 0.1) is 0 Å². The van der Waals surface area contributed by atoms with Gasteiger partial charge in [-0.3, -0.25) is 0 Å². The standard InChI is InChI=1S/C28H54O2/c1-6-7-8-9-10-11-12-13-14-15-16-17-18-19-20-21-22-23-24-25-28(4,5)30-27(29)26(2)3/h2,6-25H2,1,3-5H3. The molecule has 0 aliphatic heterocycles. The molecule has 0 radical (unpaired) electrons. The van der Waals surface area contributed by atoms with Gasteiger partial charge in [0.2, 0.25) is 0 Å². The minimum atomic E-state index is -0.370. The summed E-state index contributed by atoms with van der Waals surface area (Å²) in [4.78, 5) is 11.6. The van der Waals surface area contributed by atoms with Crippen LogP contribution in [0.1, 0.15) is 156 Å². The molecule has 0 atom stereocenters. The van der Waals surface area contributed by atoms with Crippen LogP contribution in [0.5, 0.6) is 0 Å². The topological polar surface area (TPSA) is 26.3 Å². The van der Waals surface area contributed by atoms with Crippen molar-refractivity contribution in [2.45, 2.75) is 162 Å². The van der Waals surface area contributed by atoms with Gasteiger partial charge in [0.15, 0.2) is 0 Å². The molecule has 0 aliphatic carbocycles. The molecule has 0 amide bonds. The lowest BCUT2D eigenvalue weighted by Gasteiger charge is -2.25. The molecular weight excluding hydrogens is 368 g/mol. The molecule has 0 heterocycles. The zero-order chi connectivity index (χ0) is 22.5. The van der Waals surface area contributed by atoms with Crippen LogP contribution in [-0.4, -0.2) is 11.6 Å². The van der Waals surface area contributed by atoms with E-state index in [0.29, 0.717) is 5.57 Å². The van der Waals surface area contributed by atoms with Crippen LogP contribution in [0.4, 0.5) is 0 Å². The van der Waals surface area contributed by atoms with E-state index in [1.807, 2.05) is 13.8 Å². The molecule has 2 nitrogen and oxygen atoms in total. The first kappa shape index (κ1) is 29.2. The van der Waals surface area contributed by atoms with Crippen LogP contribution in [0, 0.1) is 0 Å². The average Bonchev–Trinajstić information content (AvgIpc) is 2.69. The van der Waals surface area contributed by atoms with Crippen molar-refractivity contribution < 1.29 is 9.53 Å². The summed E-state index contributed by atoms with van der Waals surface area (Å²) in [6, 6.07) is 0.